The van der Waals surface area contributed by atoms with Crippen LogP contribution in [0.25, 0.3) is 0 Å². The first-order valence-electron chi connectivity index (χ1n) is 12.7. The Morgan fingerprint density at radius 2 is 1.19 bits per heavy atom. The highest BCUT2D eigenvalue weighted by Crippen LogP contribution is 2.10. The molecule has 0 rings (SSSR count). The standard InChI is InChI=1S/C26H48O5/c1-3-5-7-8-9-10-11-12-13-14-15-16-17-19-21-26(29)31-24(22-27)23-30-25(28)20-18-6-4-2/h11-12,24,27H,3-10,13-23H2,1-2H3/b12-11-. The lowest BCUT2D eigenvalue weighted by Crippen LogP contribution is -2.28. The predicted octanol–water partition coefficient (Wildman–Crippen LogP) is 6.66. The molecule has 0 aliphatic heterocycles. The topological polar surface area (TPSA) is 72.8 Å². The van der Waals surface area contributed by atoms with Crippen LogP contribution in [0.3, 0.4) is 0 Å². The van der Waals surface area contributed by atoms with E-state index in [0.29, 0.717) is 12.8 Å². The van der Waals surface area contributed by atoms with Gasteiger partial charge < -0.3 is 14.6 Å². The first-order valence-corrected chi connectivity index (χ1v) is 12.7. The third kappa shape index (κ3) is 21.7. The summed E-state index contributed by atoms with van der Waals surface area (Å²) in [6.45, 7) is 3.91. The third-order valence-corrected chi connectivity index (χ3v) is 5.31. The zero-order valence-corrected chi connectivity index (χ0v) is 20.2. The fraction of sp³-hybridized carbons (Fsp3) is 0.846. The molecule has 0 aliphatic carbocycles. The van der Waals surface area contributed by atoms with Crippen LogP contribution in [0.4, 0.5) is 0 Å². The summed E-state index contributed by atoms with van der Waals surface area (Å²) in [6, 6.07) is 0. The molecule has 0 saturated heterocycles. The number of carbonyl (C=O) groups excluding carboxylic acids is 2. The third-order valence-electron chi connectivity index (χ3n) is 5.31. The number of allylic oxidation sites excluding steroid dienone is 2. The molecular weight excluding hydrogens is 392 g/mol. The quantitative estimate of drug-likeness (QED) is 0.116. The van der Waals surface area contributed by atoms with Crippen molar-refractivity contribution in [3.8, 4) is 0 Å². The number of hydrogen-bond acceptors (Lipinski definition) is 5. The fourth-order valence-electron chi connectivity index (χ4n) is 3.31. The number of ether oxygens (including phenoxy) is 2. The molecule has 0 aromatic heterocycles. The van der Waals surface area contributed by atoms with Crippen LogP contribution in [0.15, 0.2) is 12.2 Å². The van der Waals surface area contributed by atoms with E-state index >= 15 is 0 Å². The van der Waals surface area contributed by atoms with Crippen molar-refractivity contribution in [3.63, 3.8) is 0 Å². The zero-order valence-electron chi connectivity index (χ0n) is 20.2. The molecule has 5 nitrogen and oxygen atoms in total. The van der Waals surface area contributed by atoms with Gasteiger partial charge in [-0.25, -0.2) is 0 Å². The molecule has 0 spiro atoms. The van der Waals surface area contributed by atoms with Crippen molar-refractivity contribution in [2.24, 2.45) is 0 Å². The van der Waals surface area contributed by atoms with E-state index in [1.807, 2.05) is 0 Å². The Balaban J connectivity index is 3.57. The Morgan fingerprint density at radius 3 is 1.81 bits per heavy atom. The normalized spacial score (nSPS) is 12.2. The van der Waals surface area contributed by atoms with Crippen molar-refractivity contribution in [2.75, 3.05) is 13.2 Å². The minimum atomic E-state index is -0.763. The second kappa shape index (κ2) is 23.3. The van der Waals surface area contributed by atoms with E-state index in [1.54, 1.807) is 0 Å². The van der Waals surface area contributed by atoms with Gasteiger partial charge in [0, 0.05) is 12.8 Å². The molecule has 5 heteroatoms. The van der Waals surface area contributed by atoms with Crippen molar-refractivity contribution in [1.82, 2.24) is 0 Å². The Morgan fingerprint density at radius 1 is 0.710 bits per heavy atom. The van der Waals surface area contributed by atoms with Gasteiger partial charge in [0.15, 0.2) is 6.10 Å². The SMILES string of the molecule is CCCCCCC/C=C\CCCCCCCC(=O)OC(CO)COC(=O)CCCCC. The molecule has 31 heavy (non-hydrogen) atoms. The second-order valence-electron chi connectivity index (χ2n) is 8.42. The van der Waals surface area contributed by atoms with E-state index in [-0.39, 0.29) is 25.2 Å². The van der Waals surface area contributed by atoms with Crippen LogP contribution in [-0.2, 0) is 19.1 Å². The largest absolute Gasteiger partial charge is 0.462 e. The maximum atomic E-state index is 11.9. The van der Waals surface area contributed by atoms with E-state index in [2.05, 4.69) is 26.0 Å². The lowest BCUT2D eigenvalue weighted by molar-refractivity contribution is -0.161. The molecule has 0 saturated carbocycles. The van der Waals surface area contributed by atoms with Crippen LogP contribution < -0.4 is 0 Å². The number of aliphatic hydroxyl groups excluding tert-OH is 1. The van der Waals surface area contributed by atoms with Crippen LogP contribution >= 0.6 is 0 Å². The summed E-state index contributed by atoms with van der Waals surface area (Å²) in [5.41, 5.74) is 0. The number of carbonyl (C=O) groups is 2. The highest BCUT2D eigenvalue weighted by atomic mass is 16.6. The molecule has 0 amide bonds. The Bertz CT molecular complexity index is 447. The first kappa shape index (κ1) is 29.6. The summed E-state index contributed by atoms with van der Waals surface area (Å²) >= 11 is 0. The van der Waals surface area contributed by atoms with Crippen LogP contribution in [0.1, 0.15) is 123 Å². The van der Waals surface area contributed by atoms with Gasteiger partial charge in [0.25, 0.3) is 0 Å². The van der Waals surface area contributed by atoms with E-state index in [9.17, 15) is 14.7 Å². The maximum absolute atomic E-state index is 11.9. The van der Waals surface area contributed by atoms with E-state index < -0.39 is 6.10 Å². The summed E-state index contributed by atoms with van der Waals surface area (Å²) in [7, 11) is 0. The van der Waals surface area contributed by atoms with Crippen LogP contribution in [0, 0.1) is 0 Å². The van der Waals surface area contributed by atoms with Crippen LogP contribution in [0.2, 0.25) is 0 Å². The number of esters is 2. The molecule has 0 aromatic rings. The van der Waals surface area contributed by atoms with Crippen molar-refractivity contribution in [2.45, 2.75) is 129 Å². The fourth-order valence-corrected chi connectivity index (χ4v) is 3.31. The lowest BCUT2D eigenvalue weighted by atomic mass is 10.1. The van der Waals surface area contributed by atoms with Crippen LogP contribution in [0.5, 0.6) is 0 Å². The average molecular weight is 441 g/mol. The summed E-state index contributed by atoms with van der Waals surface area (Å²) in [5.74, 6) is -0.632. The smallest absolute Gasteiger partial charge is 0.306 e. The predicted molar refractivity (Wildman–Crippen MR) is 127 cm³/mol. The van der Waals surface area contributed by atoms with E-state index in [4.69, 9.17) is 9.47 Å². The molecule has 0 bridgehead atoms. The number of rotatable bonds is 22. The molecular formula is C26H48O5. The molecule has 1 atom stereocenters. The molecule has 1 unspecified atom stereocenters. The van der Waals surface area contributed by atoms with Crippen LogP contribution in [-0.4, -0.2) is 36.4 Å². The highest BCUT2D eigenvalue weighted by Gasteiger charge is 2.15. The van der Waals surface area contributed by atoms with Crippen molar-refractivity contribution < 1.29 is 24.2 Å². The van der Waals surface area contributed by atoms with Gasteiger partial charge in [0.2, 0.25) is 0 Å². The van der Waals surface area contributed by atoms with Gasteiger partial charge in [-0.1, -0.05) is 83.8 Å². The molecule has 0 fully saturated rings. The molecule has 0 aliphatic rings. The molecule has 1 N–H and O–H groups in total. The van der Waals surface area contributed by atoms with Gasteiger partial charge in [0.05, 0.1) is 6.61 Å². The summed E-state index contributed by atoms with van der Waals surface area (Å²) in [5, 5.41) is 9.32. The zero-order chi connectivity index (χ0) is 23.0. The maximum Gasteiger partial charge on any atom is 0.306 e. The number of unbranched alkanes of at least 4 members (excludes halogenated alkanes) is 12. The van der Waals surface area contributed by atoms with Gasteiger partial charge in [0.1, 0.15) is 6.61 Å². The van der Waals surface area contributed by atoms with E-state index in [0.717, 1.165) is 44.9 Å². The van der Waals surface area contributed by atoms with E-state index in [1.165, 1.54) is 51.4 Å². The molecule has 0 heterocycles. The molecule has 0 radical (unpaired) electrons. The Labute approximate surface area is 191 Å². The van der Waals surface area contributed by atoms with Crippen molar-refractivity contribution in [1.29, 1.82) is 0 Å². The van der Waals surface area contributed by atoms with Crippen molar-refractivity contribution in [3.05, 3.63) is 12.2 Å². The number of hydrogen-bond donors (Lipinski definition) is 1. The minimum absolute atomic E-state index is 0.0700. The summed E-state index contributed by atoms with van der Waals surface area (Å²) in [4.78, 5) is 23.5. The minimum Gasteiger partial charge on any atom is -0.462 e. The van der Waals surface area contributed by atoms with Gasteiger partial charge in [-0.2, -0.15) is 0 Å². The van der Waals surface area contributed by atoms with Gasteiger partial charge in [-0.3, -0.25) is 9.59 Å². The second-order valence-corrected chi connectivity index (χ2v) is 8.42. The summed E-state index contributed by atoms with van der Waals surface area (Å²) in [6.07, 6.45) is 21.8. The lowest BCUT2D eigenvalue weighted by Gasteiger charge is -2.15. The first-order chi connectivity index (χ1) is 15.1. The van der Waals surface area contributed by atoms with Gasteiger partial charge in [-0.05, 0) is 38.5 Å². The Hall–Kier alpha value is -1.36. The van der Waals surface area contributed by atoms with Crippen molar-refractivity contribution >= 4 is 11.9 Å². The average Bonchev–Trinajstić information content (AvgIpc) is 2.77. The monoisotopic (exact) mass is 440 g/mol. The summed E-state index contributed by atoms with van der Waals surface area (Å²) < 4.78 is 10.3. The molecule has 182 valence electrons. The van der Waals surface area contributed by atoms with Gasteiger partial charge in [-0.15, -0.1) is 0 Å². The van der Waals surface area contributed by atoms with Gasteiger partial charge >= 0.3 is 11.9 Å². The highest BCUT2D eigenvalue weighted by molar-refractivity contribution is 5.70. The Kier molecular flexibility index (Phi) is 22.3. The molecule has 0 aromatic carbocycles. The number of aliphatic hydroxyl groups is 1.